The zero-order valence-corrected chi connectivity index (χ0v) is 19.7. The van der Waals surface area contributed by atoms with Crippen molar-refractivity contribution in [2.75, 3.05) is 0 Å². The number of hydrogen-bond donors (Lipinski definition) is 0. The standard InChI is InChI=1S/C30H26O4/c1-19-5-7-25(17-21(19)3)29(31)33-27-13-9-23(10-14-27)24-11-15-28(16-12-24)34-30(32)26-8-6-20(2)22(4)18-26/h5-18H,1-4H3. The minimum atomic E-state index is -0.384. The predicted molar refractivity (Wildman–Crippen MR) is 134 cm³/mol. The fourth-order valence-electron chi connectivity index (χ4n) is 3.50. The second kappa shape index (κ2) is 9.75. The molecule has 0 aliphatic rings. The highest BCUT2D eigenvalue weighted by Gasteiger charge is 2.11. The molecule has 0 aromatic heterocycles. The Kier molecular flexibility index (Phi) is 6.60. The van der Waals surface area contributed by atoms with Crippen LogP contribution in [0.1, 0.15) is 43.0 Å². The van der Waals surface area contributed by atoms with E-state index in [1.54, 1.807) is 36.4 Å². The first-order valence-electron chi connectivity index (χ1n) is 11.1. The molecule has 4 nitrogen and oxygen atoms in total. The van der Waals surface area contributed by atoms with Crippen molar-refractivity contribution in [3.05, 3.63) is 118 Å². The normalized spacial score (nSPS) is 10.6. The average molecular weight is 451 g/mol. The van der Waals surface area contributed by atoms with Crippen LogP contribution in [0.5, 0.6) is 11.5 Å². The summed E-state index contributed by atoms with van der Waals surface area (Å²) in [5.74, 6) is 0.188. The molecule has 0 heterocycles. The molecule has 0 saturated carbocycles. The molecule has 0 amide bonds. The lowest BCUT2D eigenvalue weighted by molar-refractivity contribution is 0.0725. The van der Waals surface area contributed by atoms with Gasteiger partial charge in [0.05, 0.1) is 11.1 Å². The van der Waals surface area contributed by atoms with E-state index in [9.17, 15) is 9.59 Å². The number of carbonyl (C=O) groups is 2. The van der Waals surface area contributed by atoms with Crippen LogP contribution in [-0.2, 0) is 0 Å². The number of aryl methyl sites for hydroxylation is 4. The summed E-state index contributed by atoms with van der Waals surface area (Å²) >= 11 is 0. The number of hydrogen-bond acceptors (Lipinski definition) is 4. The first kappa shape index (κ1) is 23.0. The summed E-state index contributed by atoms with van der Waals surface area (Å²) in [5.41, 5.74) is 7.33. The Morgan fingerprint density at radius 1 is 0.471 bits per heavy atom. The molecule has 0 aliphatic carbocycles. The van der Waals surface area contributed by atoms with Crippen molar-refractivity contribution in [2.24, 2.45) is 0 Å². The van der Waals surface area contributed by atoms with Crippen LogP contribution in [0.3, 0.4) is 0 Å². The molecule has 0 fully saturated rings. The van der Waals surface area contributed by atoms with Gasteiger partial charge in [-0.2, -0.15) is 0 Å². The topological polar surface area (TPSA) is 52.6 Å². The van der Waals surface area contributed by atoms with Gasteiger partial charge in [0.25, 0.3) is 0 Å². The van der Waals surface area contributed by atoms with Crippen LogP contribution in [0.2, 0.25) is 0 Å². The molecule has 4 heteroatoms. The quantitative estimate of drug-likeness (QED) is 0.242. The lowest BCUT2D eigenvalue weighted by Crippen LogP contribution is -2.09. The molecular formula is C30H26O4. The van der Waals surface area contributed by atoms with Crippen molar-refractivity contribution in [1.29, 1.82) is 0 Å². The minimum Gasteiger partial charge on any atom is -0.423 e. The van der Waals surface area contributed by atoms with E-state index in [1.807, 2.05) is 76.2 Å². The number of esters is 2. The monoisotopic (exact) mass is 450 g/mol. The Hall–Kier alpha value is -4.18. The van der Waals surface area contributed by atoms with Crippen LogP contribution in [0.25, 0.3) is 11.1 Å². The van der Waals surface area contributed by atoms with Crippen molar-refractivity contribution in [3.8, 4) is 22.6 Å². The van der Waals surface area contributed by atoms with Gasteiger partial charge < -0.3 is 9.47 Å². The summed E-state index contributed by atoms with van der Waals surface area (Å²) in [5, 5.41) is 0. The van der Waals surface area contributed by atoms with Gasteiger partial charge in [-0.05, 0) is 110 Å². The van der Waals surface area contributed by atoms with Crippen molar-refractivity contribution in [2.45, 2.75) is 27.7 Å². The Balaban J connectivity index is 1.40. The van der Waals surface area contributed by atoms with Gasteiger partial charge in [0, 0.05) is 0 Å². The van der Waals surface area contributed by atoms with E-state index in [0.717, 1.165) is 33.4 Å². The van der Waals surface area contributed by atoms with Crippen molar-refractivity contribution < 1.29 is 19.1 Å². The zero-order valence-electron chi connectivity index (χ0n) is 19.7. The molecule has 0 atom stereocenters. The SMILES string of the molecule is Cc1ccc(C(=O)Oc2ccc(-c3ccc(OC(=O)c4ccc(C)c(C)c4)cc3)cc2)cc1C. The van der Waals surface area contributed by atoms with Gasteiger partial charge >= 0.3 is 11.9 Å². The highest BCUT2D eigenvalue weighted by Crippen LogP contribution is 2.26. The lowest BCUT2D eigenvalue weighted by Gasteiger charge is -2.09. The molecule has 0 aliphatic heterocycles. The van der Waals surface area contributed by atoms with Crippen LogP contribution >= 0.6 is 0 Å². The van der Waals surface area contributed by atoms with E-state index in [1.165, 1.54) is 0 Å². The number of benzene rings is 4. The Bertz CT molecular complexity index is 1240. The van der Waals surface area contributed by atoms with Crippen LogP contribution in [0.15, 0.2) is 84.9 Å². The average Bonchev–Trinajstić information content (AvgIpc) is 2.83. The maximum atomic E-state index is 12.4. The summed E-state index contributed by atoms with van der Waals surface area (Å²) in [4.78, 5) is 24.9. The van der Waals surface area contributed by atoms with E-state index in [2.05, 4.69) is 0 Å². The second-order valence-corrected chi connectivity index (χ2v) is 8.43. The summed E-state index contributed by atoms with van der Waals surface area (Å²) in [6.45, 7) is 7.95. The van der Waals surface area contributed by atoms with Crippen molar-refractivity contribution in [1.82, 2.24) is 0 Å². The van der Waals surface area contributed by atoms with Crippen LogP contribution in [0.4, 0.5) is 0 Å². The molecule has 4 rings (SSSR count). The van der Waals surface area contributed by atoms with E-state index in [0.29, 0.717) is 22.6 Å². The zero-order chi connectivity index (χ0) is 24.2. The molecule has 170 valence electrons. The summed E-state index contributed by atoms with van der Waals surface area (Å²) in [7, 11) is 0. The maximum absolute atomic E-state index is 12.4. The molecule has 0 saturated heterocycles. The summed E-state index contributed by atoms with van der Waals surface area (Å²) in [6.07, 6.45) is 0. The number of rotatable bonds is 5. The van der Waals surface area contributed by atoms with E-state index in [4.69, 9.17) is 9.47 Å². The van der Waals surface area contributed by atoms with E-state index < -0.39 is 0 Å². The van der Waals surface area contributed by atoms with Gasteiger partial charge in [-0.15, -0.1) is 0 Å². The smallest absolute Gasteiger partial charge is 0.343 e. The highest BCUT2D eigenvalue weighted by atomic mass is 16.5. The number of ether oxygens (including phenoxy) is 2. The predicted octanol–water partition coefficient (Wildman–Crippen LogP) is 7.03. The molecule has 0 N–H and O–H groups in total. The van der Waals surface area contributed by atoms with E-state index in [-0.39, 0.29) is 11.9 Å². The molecule has 0 radical (unpaired) electrons. The van der Waals surface area contributed by atoms with Gasteiger partial charge in [-0.1, -0.05) is 36.4 Å². The van der Waals surface area contributed by atoms with Crippen molar-refractivity contribution in [3.63, 3.8) is 0 Å². The lowest BCUT2D eigenvalue weighted by atomic mass is 10.1. The highest BCUT2D eigenvalue weighted by molar-refractivity contribution is 5.92. The molecule has 0 bridgehead atoms. The maximum Gasteiger partial charge on any atom is 0.343 e. The molecule has 0 spiro atoms. The third-order valence-electron chi connectivity index (χ3n) is 5.95. The van der Waals surface area contributed by atoms with Crippen LogP contribution in [0, 0.1) is 27.7 Å². The molecule has 34 heavy (non-hydrogen) atoms. The molecule has 0 unspecified atom stereocenters. The summed E-state index contributed by atoms with van der Waals surface area (Å²) < 4.78 is 11.0. The molecule has 4 aromatic rings. The summed E-state index contributed by atoms with van der Waals surface area (Å²) in [6, 6.07) is 25.7. The molecular weight excluding hydrogens is 424 g/mol. The Morgan fingerprint density at radius 2 is 0.824 bits per heavy atom. The van der Waals surface area contributed by atoms with Crippen molar-refractivity contribution >= 4 is 11.9 Å². The van der Waals surface area contributed by atoms with Gasteiger partial charge in [0.1, 0.15) is 11.5 Å². The fourth-order valence-corrected chi connectivity index (χ4v) is 3.50. The van der Waals surface area contributed by atoms with Crippen LogP contribution in [-0.4, -0.2) is 11.9 Å². The van der Waals surface area contributed by atoms with E-state index >= 15 is 0 Å². The first-order chi connectivity index (χ1) is 16.3. The van der Waals surface area contributed by atoms with Gasteiger partial charge in [-0.3, -0.25) is 0 Å². The third kappa shape index (κ3) is 5.24. The Morgan fingerprint density at radius 3 is 1.15 bits per heavy atom. The van der Waals surface area contributed by atoms with Gasteiger partial charge in [-0.25, -0.2) is 9.59 Å². The number of carbonyl (C=O) groups excluding carboxylic acids is 2. The minimum absolute atomic E-state index is 0.384. The Labute approximate surface area is 199 Å². The largest absolute Gasteiger partial charge is 0.423 e. The fraction of sp³-hybridized carbons (Fsp3) is 0.133. The third-order valence-corrected chi connectivity index (χ3v) is 5.95. The first-order valence-corrected chi connectivity index (χ1v) is 11.1. The second-order valence-electron chi connectivity index (χ2n) is 8.43. The van der Waals surface area contributed by atoms with Crippen LogP contribution < -0.4 is 9.47 Å². The van der Waals surface area contributed by atoms with Gasteiger partial charge in [0.2, 0.25) is 0 Å². The molecule has 4 aromatic carbocycles. The van der Waals surface area contributed by atoms with Gasteiger partial charge in [0.15, 0.2) is 0 Å².